The number of rotatable bonds is 3. The summed E-state index contributed by atoms with van der Waals surface area (Å²) in [6, 6.07) is 7.48. The lowest BCUT2D eigenvalue weighted by Gasteiger charge is -2.34. The molecule has 1 aliphatic heterocycles. The van der Waals surface area contributed by atoms with E-state index in [0.717, 1.165) is 0 Å². The molecule has 1 aromatic carbocycles. The molecule has 27 heavy (non-hydrogen) atoms. The summed E-state index contributed by atoms with van der Waals surface area (Å²) in [6.45, 7) is 0.598. The Kier molecular flexibility index (Phi) is 6.20. The van der Waals surface area contributed by atoms with Crippen LogP contribution in [0.2, 0.25) is 20.4 Å². The summed E-state index contributed by atoms with van der Waals surface area (Å²) in [5.41, 5.74) is 0.214. The average molecular weight is 469 g/mol. The summed E-state index contributed by atoms with van der Waals surface area (Å²) in [7, 11) is -3.88. The molecule has 0 atom stereocenters. The standard InChI is InChI=1S/C16H13Cl4N3O3S/c17-11-2-1-3-12(18)14(11)27(25,26)23-8-6-22(7-9-23)16(24)10-4-5-13(19)21-15(10)20/h1-5H,6-9H2. The van der Waals surface area contributed by atoms with E-state index in [0.29, 0.717) is 0 Å². The number of nitrogens with zero attached hydrogens (tertiary/aromatic N) is 3. The topological polar surface area (TPSA) is 70.6 Å². The minimum atomic E-state index is -3.88. The van der Waals surface area contributed by atoms with Crippen LogP contribution in [-0.2, 0) is 10.0 Å². The van der Waals surface area contributed by atoms with Gasteiger partial charge < -0.3 is 4.90 Å². The molecule has 0 aliphatic carbocycles. The molecule has 6 nitrogen and oxygen atoms in total. The highest BCUT2D eigenvalue weighted by atomic mass is 35.5. The van der Waals surface area contributed by atoms with Gasteiger partial charge in [-0.15, -0.1) is 0 Å². The van der Waals surface area contributed by atoms with Crippen LogP contribution in [0.15, 0.2) is 35.2 Å². The largest absolute Gasteiger partial charge is 0.336 e. The molecule has 0 unspecified atom stereocenters. The fourth-order valence-corrected chi connectivity index (χ4v) is 5.67. The van der Waals surface area contributed by atoms with Gasteiger partial charge in [0.2, 0.25) is 10.0 Å². The molecule has 2 heterocycles. The van der Waals surface area contributed by atoms with Gasteiger partial charge in [0.1, 0.15) is 15.2 Å². The first-order valence-electron chi connectivity index (χ1n) is 7.77. The van der Waals surface area contributed by atoms with Crippen LogP contribution in [-0.4, -0.2) is 54.7 Å². The van der Waals surface area contributed by atoms with Crippen molar-refractivity contribution in [2.24, 2.45) is 0 Å². The zero-order valence-electron chi connectivity index (χ0n) is 13.7. The van der Waals surface area contributed by atoms with Crippen LogP contribution in [0.3, 0.4) is 0 Å². The molecule has 0 N–H and O–H groups in total. The summed E-state index contributed by atoms with van der Waals surface area (Å²) in [6.07, 6.45) is 0. The van der Waals surface area contributed by atoms with Gasteiger partial charge in [0.15, 0.2) is 0 Å². The van der Waals surface area contributed by atoms with E-state index in [2.05, 4.69) is 4.98 Å². The number of pyridine rings is 1. The first-order valence-corrected chi connectivity index (χ1v) is 10.7. The van der Waals surface area contributed by atoms with Gasteiger partial charge in [-0.25, -0.2) is 13.4 Å². The van der Waals surface area contributed by atoms with Crippen LogP contribution in [0, 0.1) is 0 Å². The molecule has 0 bridgehead atoms. The highest BCUT2D eigenvalue weighted by molar-refractivity contribution is 7.89. The lowest BCUT2D eigenvalue weighted by atomic mass is 10.2. The summed E-state index contributed by atoms with van der Waals surface area (Å²) < 4.78 is 27.0. The number of sulfonamides is 1. The summed E-state index contributed by atoms with van der Waals surface area (Å²) in [5.74, 6) is -0.336. The molecule has 3 rings (SSSR count). The second-order valence-corrected chi connectivity index (χ2v) is 9.15. The third-order valence-corrected chi connectivity index (χ3v) is 7.44. The van der Waals surface area contributed by atoms with Gasteiger partial charge in [0, 0.05) is 26.2 Å². The van der Waals surface area contributed by atoms with Crippen LogP contribution in [0.5, 0.6) is 0 Å². The van der Waals surface area contributed by atoms with E-state index in [4.69, 9.17) is 46.4 Å². The van der Waals surface area contributed by atoms with E-state index < -0.39 is 10.0 Å². The van der Waals surface area contributed by atoms with Crippen molar-refractivity contribution < 1.29 is 13.2 Å². The van der Waals surface area contributed by atoms with Crippen molar-refractivity contribution in [2.75, 3.05) is 26.2 Å². The van der Waals surface area contributed by atoms with E-state index in [1.807, 2.05) is 0 Å². The van der Waals surface area contributed by atoms with Gasteiger partial charge in [0.25, 0.3) is 5.91 Å². The van der Waals surface area contributed by atoms with Gasteiger partial charge in [0.05, 0.1) is 15.6 Å². The molecular weight excluding hydrogens is 456 g/mol. The van der Waals surface area contributed by atoms with Crippen LogP contribution in [0.25, 0.3) is 0 Å². The fourth-order valence-electron chi connectivity index (χ4n) is 2.73. The Balaban J connectivity index is 1.76. The number of hydrogen-bond acceptors (Lipinski definition) is 4. The molecular formula is C16H13Cl4N3O3S. The van der Waals surface area contributed by atoms with Gasteiger partial charge in [-0.05, 0) is 24.3 Å². The Morgan fingerprint density at radius 3 is 2.07 bits per heavy atom. The first kappa shape index (κ1) is 20.6. The Morgan fingerprint density at radius 2 is 1.52 bits per heavy atom. The molecule has 1 amide bonds. The van der Waals surface area contributed by atoms with Gasteiger partial charge >= 0.3 is 0 Å². The van der Waals surface area contributed by atoms with Crippen LogP contribution < -0.4 is 0 Å². The number of carbonyl (C=O) groups is 1. The van der Waals surface area contributed by atoms with Gasteiger partial charge in [-0.2, -0.15) is 4.31 Å². The van der Waals surface area contributed by atoms with E-state index in [9.17, 15) is 13.2 Å². The molecule has 1 fully saturated rings. The van der Waals surface area contributed by atoms with E-state index in [1.165, 1.54) is 33.5 Å². The van der Waals surface area contributed by atoms with E-state index in [-0.39, 0.29) is 62.9 Å². The number of hydrogen-bond donors (Lipinski definition) is 0. The maximum absolute atomic E-state index is 12.9. The SMILES string of the molecule is O=C(c1ccc(Cl)nc1Cl)N1CCN(S(=O)(=O)c2c(Cl)cccc2Cl)CC1. The number of amides is 1. The van der Waals surface area contributed by atoms with Crippen molar-refractivity contribution in [1.29, 1.82) is 0 Å². The van der Waals surface area contributed by atoms with Crippen molar-refractivity contribution in [2.45, 2.75) is 4.90 Å². The summed E-state index contributed by atoms with van der Waals surface area (Å²) in [4.78, 5) is 17.8. The minimum Gasteiger partial charge on any atom is -0.336 e. The number of aromatic nitrogens is 1. The Hall–Kier alpha value is -1.09. The van der Waals surface area contributed by atoms with Crippen molar-refractivity contribution >= 4 is 62.3 Å². The Bertz CT molecular complexity index is 972. The molecule has 1 aromatic heterocycles. The quantitative estimate of drug-likeness (QED) is 0.641. The number of carbonyl (C=O) groups excluding carboxylic acids is 1. The summed E-state index contributed by atoms with van der Waals surface area (Å²) in [5, 5.41) is 0.300. The highest BCUT2D eigenvalue weighted by Gasteiger charge is 2.33. The third kappa shape index (κ3) is 4.18. The molecule has 0 radical (unpaired) electrons. The smallest absolute Gasteiger partial charge is 0.257 e. The first-order chi connectivity index (χ1) is 12.7. The predicted molar refractivity (Wildman–Crippen MR) is 105 cm³/mol. The number of benzene rings is 1. The lowest BCUT2D eigenvalue weighted by Crippen LogP contribution is -2.50. The second-order valence-electron chi connectivity index (χ2n) is 5.72. The zero-order valence-corrected chi connectivity index (χ0v) is 17.5. The van der Waals surface area contributed by atoms with Crippen LogP contribution in [0.1, 0.15) is 10.4 Å². The van der Waals surface area contributed by atoms with E-state index in [1.54, 1.807) is 6.07 Å². The number of piperazine rings is 1. The maximum atomic E-state index is 12.9. The predicted octanol–water partition coefficient (Wildman–Crippen LogP) is 3.84. The minimum absolute atomic E-state index is 0.00500. The maximum Gasteiger partial charge on any atom is 0.257 e. The second kappa shape index (κ2) is 8.11. The Labute approximate surface area is 176 Å². The van der Waals surface area contributed by atoms with Crippen LogP contribution in [0.4, 0.5) is 0 Å². The normalized spacial score (nSPS) is 15.8. The molecule has 0 spiro atoms. The third-order valence-electron chi connectivity index (χ3n) is 4.09. The van der Waals surface area contributed by atoms with Gasteiger partial charge in [-0.3, -0.25) is 4.79 Å². The summed E-state index contributed by atoms with van der Waals surface area (Å²) >= 11 is 23.8. The average Bonchev–Trinajstić information content (AvgIpc) is 2.61. The molecule has 2 aromatic rings. The van der Waals surface area contributed by atoms with Crippen LogP contribution >= 0.6 is 46.4 Å². The van der Waals surface area contributed by atoms with Crippen molar-refractivity contribution in [3.8, 4) is 0 Å². The molecule has 11 heteroatoms. The molecule has 1 saturated heterocycles. The lowest BCUT2D eigenvalue weighted by molar-refractivity contribution is 0.0697. The highest BCUT2D eigenvalue weighted by Crippen LogP contribution is 2.32. The Morgan fingerprint density at radius 1 is 0.926 bits per heavy atom. The monoisotopic (exact) mass is 467 g/mol. The number of halogens is 4. The molecule has 0 saturated carbocycles. The fraction of sp³-hybridized carbons (Fsp3) is 0.250. The van der Waals surface area contributed by atoms with Gasteiger partial charge in [-0.1, -0.05) is 52.5 Å². The van der Waals surface area contributed by atoms with Crippen molar-refractivity contribution in [3.63, 3.8) is 0 Å². The zero-order chi connectivity index (χ0) is 19.8. The molecule has 144 valence electrons. The molecule has 1 aliphatic rings. The van der Waals surface area contributed by atoms with Crippen molar-refractivity contribution in [3.05, 3.63) is 56.2 Å². The van der Waals surface area contributed by atoms with E-state index >= 15 is 0 Å². The van der Waals surface area contributed by atoms with Crippen molar-refractivity contribution in [1.82, 2.24) is 14.2 Å².